The van der Waals surface area contributed by atoms with Gasteiger partial charge in [0, 0.05) is 0 Å². The van der Waals surface area contributed by atoms with E-state index in [0.29, 0.717) is 5.75 Å². The van der Waals surface area contributed by atoms with Gasteiger partial charge in [0.05, 0.1) is 0 Å². The van der Waals surface area contributed by atoms with E-state index in [1.165, 1.54) is 7.85 Å². The topological polar surface area (TPSA) is 64.6 Å². The number of nitrogens with one attached hydrogen (secondary N) is 1. The smallest absolute Gasteiger partial charge is 0.328 e. The van der Waals surface area contributed by atoms with Crippen LogP contribution < -0.4 is 10.1 Å². The fourth-order valence-electron chi connectivity index (χ4n) is 1.78. The third-order valence-corrected chi connectivity index (χ3v) is 2.95. The largest absolute Gasteiger partial charge is 0.469 e. The number of likely N-dealkylation sites (N-methyl/N-ethyl adjacent to an activating group) is 1. The molecule has 5 nitrogen and oxygen atoms in total. The van der Waals surface area contributed by atoms with Gasteiger partial charge in [0.2, 0.25) is 13.7 Å². The Hall–Kier alpha value is -1.82. The Morgan fingerprint density at radius 2 is 1.85 bits per heavy atom. The van der Waals surface area contributed by atoms with Crippen molar-refractivity contribution in [1.82, 2.24) is 5.32 Å². The second-order valence-electron chi connectivity index (χ2n) is 4.77. The van der Waals surface area contributed by atoms with Crippen LogP contribution in [-0.4, -0.2) is 32.8 Å². The Bertz CT molecular complexity index is 493. The SMILES string of the molecule is BC(=O)OCc1cc(C)c(OC(=O)C(C)NC)c(C)c1. The lowest BCUT2D eigenvalue weighted by atomic mass is 10.1. The van der Waals surface area contributed by atoms with Gasteiger partial charge in [-0.2, -0.15) is 0 Å². The van der Waals surface area contributed by atoms with Crippen LogP contribution in [0.15, 0.2) is 12.1 Å². The number of carbonyl (C=O) groups excluding carboxylic acids is 2. The van der Waals surface area contributed by atoms with E-state index in [9.17, 15) is 9.59 Å². The number of ether oxygens (including phenoxy) is 2. The number of rotatable bonds is 5. The number of hydrogen-bond acceptors (Lipinski definition) is 5. The summed E-state index contributed by atoms with van der Waals surface area (Å²) in [6, 6.07) is 3.33. The quantitative estimate of drug-likeness (QED) is 0.496. The molecule has 0 heterocycles. The summed E-state index contributed by atoms with van der Waals surface area (Å²) in [7, 11) is 3.07. The average Bonchev–Trinajstić information content (AvgIpc) is 2.39. The van der Waals surface area contributed by atoms with E-state index in [4.69, 9.17) is 9.47 Å². The van der Waals surface area contributed by atoms with Crippen molar-refractivity contribution in [3.05, 3.63) is 28.8 Å². The van der Waals surface area contributed by atoms with Crippen molar-refractivity contribution < 1.29 is 19.1 Å². The zero-order chi connectivity index (χ0) is 15.3. The van der Waals surface area contributed by atoms with Crippen LogP contribution in [0.3, 0.4) is 0 Å². The molecule has 0 aliphatic carbocycles. The second-order valence-corrected chi connectivity index (χ2v) is 4.77. The van der Waals surface area contributed by atoms with Crippen LogP contribution in [-0.2, 0) is 16.1 Å². The molecule has 0 aliphatic rings. The van der Waals surface area contributed by atoms with Gasteiger partial charge < -0.3 is 14.8 Å². The summed E-state index contributed by atoms with van der Waals surface area (Å²) in [4.78, 5) is 22.6. The molecule has 0 fully saturated rings. The van der Waals surface area contributed by atoms with Crippen molar-refractivity contribution in [2.45, 2.75) is 33.4 Å². The lowest BCUT2D eigenvalue weighted by Gasteiger charge is -2.15. The van der Waals surface area contributed by atoms with E-state index < -0.39 is 0 Å². The van der Waals surface area contributed by atoms with Gasteiger partial charge in [-0.25, -0.2) is 4.79 Å². The van der Waals surface area contributed by atoms with Crippen molar-refractivity contribution in [3.63, 3.8) is 0 Å². The molecule has 0 radical (unpaired) electrons. The van der Waals surface area contributed by atoms with Gasteiger partial charge in [-0.1, -0.05) is 0 Å². The molecule has 0 aliphatic heterocycles. The van der Waals surface area contributed by atoms with E-state index >= 15 is 0 Å². The molecule has 1 N–H and O–H groups in total. The molecule has 0 amide bonds. The van der Waals surface area contributed by atoms with Gasteiger partial charge in [0.1, 0.15) is 18.4 Å². The first-order chi connectivity index (χ1) is 9.35. The third-order valence-electron chi connectivity index (χ3n) is 2.95. The minimum absolute atomic E-state index is 0.220. The van der Waals surface area contributed by atoms with E-state index in [-0.39, 0.29) is 24.5 Å². The normalized spacial score (nSPS) is 11.8. The molecular formula is C14H20BNO4. The van der Waals surface area contributed by atoms with Crippen molar-refractivity contribution in [1.29, 1.82) is 0 Å². The van der Waals surface area contributed by atoms with Crippen LogP contribution in [0.2, 0.25) is 0 Å². The van der Waals surface area contributed by atoms with Crippen LogP contribution in [0.4, 0.5) is 4.79 Å². The zero-order valence-electron chi connectivity index (χ0n) is 12.6. The first-order valence-electron chi connectivity index (χ1n) is 6.47. The number of carbonyl (C=O) groups is 2. The highest BCUT2D eigenvalue weighted by atomic mass is 16.5. The van der Waals surface area contributed by atoms with Gasteiger partial charge >= 0.3 is 5.97 Å². The average molecular weight is 277 g/mol. The Labute approximate surface area is 120 Å². The van der Waals surface area contributed by atoms with E-state index in [0.717, 1.165) is 16.7 Å². The molecule has 1 atom stereocenters. The van der Waals surface area contributed by atoms with E-state index in [2.05, 4.69) is 5.32 Å². The number of hydrogen-bond donors (Lipinski definition) is 1. The number of aryl methyl sites for hydroxylation is 2. The van der Waals surface area contributed by atoms with Gasteiger partial charge in [-0.15, -0.1) is 0 Å². The summed E-state index contributed by atoms with van der Waals surface area (Å²) in [5.41, 5.74) is 2.55. The van der Waals surface area contributed by atoms with E-state index in [1.54, 1.807) is 14.0 Å². The first-order valence-corrected chi connectivity index (χ1v) is 6.47. The van der Waals surface area contributed by atoms with Crippen molar-refractivity contribution in [2.75, 3.05) is 7.05 Å². The Kier molecular flexibility index (Phi) is 5.76. The number of esters is 1. The minimum atomic E-state index is -0.366. The lowest BCUT2D eigenvalue weighted by molar-refractivity contribution is -0.136. The molecule has 108 valence electrons. The summed E-state index contributed by atoms with van der Waals surface area (Å²) in [6.07, 6.45) is 0. The third kappa shape index (κ3) is 4.38. The molecule has 6 heteroatoms. The summed E-state index contributed by atoms with van der Waals surface area (Å²) >= 11 is 0. The van der Waals surface area contributed by atoms with Crippen molar-refractivity contribution >= 4 is 19.7 Å². The highest BCUT2D eigenvalue weighted by molar-refractivity contribution is 6.55. The lowest BCUT2D eigenvalue weighted by Crippen LogP contribution is -2.34. The highest BCUT2D eigenvalue weighted by Crippen LogP contribution is 2.25. The summed E-state index contributed by atoms with van der Waals surface area (Å²) in [5, 5.41) is 2.84. The molecule has 0 spiro atoms. The molecule has 1 aromatic rings. The summed E-state index contributed by atoms with van der Waals surface area (Å²) in [6.45, 7) is 5.67. The molecule has 1 rings (SSSR count). The van der Waals surface area contributed by atoms with Crippen molar-refractivity contribution in [3.8, 4) is 5.75 Å². The van der Waals surface area contributed by atoms with Gasteiger partial charge in [0.15, 0.2) is 0 Å². The maximum Gasteiger partial charge on any atom is 0.328 e. The summed E-state index contributed by atoms with van der Waals surface area (Å²) < 4.78 is 10.4. The molecule has 1 unspecified atom stereocenters. The summed E-state index contributed by atoms with van der Waals surface area (Å²) in [5.74, 6) is -0.0891. The van der Waals surface area contributed by atoms with Crippen LogP contribution in [0.25, 0.3) is 0 Å². The fraction of sp³-hybridized carbons (Fsp3) is 0.429. The molecule has 1 aromatic carbocycles. The fourth-order valence-corrected chi connectivity index (χ4v) is 1.78. The van der Waals surface area contributed by atoms with Crippen LogP contribution in [0.5, 0.6) is 5.75 Å². The maximum absolute atomic E-state index is 11.8. The zero-order valence-corrected chi connectivity index (χ0v) is 12.6. The molecule has 0 aromatic heterocycles. The molecule has 0 bridgehead atoms. The monoisotopic (exact) mass is 277 g/mol. The van der Waals surface area contributed by atoms with E-state index in [1.807, 2.05) is 26.0 Å². The van der Waals surface area contributed by atoms with Crippen LogP contribution >= 0.6 is 0 Å². The molecular weight excluding hydrogens is 257 g/mol. The molecule has 0 saturated carbocycles. The van der Waals surface area contributed by atoms with Gasteiger partial charge in [-0.05, 0) is 56.6 Å². The Balaban J connectivity index is 2.89. The van der Waals surface area contributed by atoms with Crippen LogP contribution in [0, 0.1) is 13.8 Å². The Morgan fingerprint density at radius 1 is 1.30 bits per heavy atom. The van der Waals surface area contributed by atoms with Gasteiger partial charge in [-0.3, -0.25) is 4.79 Å². The standard InChI is InChI=1S/C14H20BNO4/c1-8-5-11(7-19-14(15)18)6-9(2)12(8)20-13(17)10(3)16-4/h5-6,10,16H,7,15H2,1-4H3. The van der Waals surface area contributed by atoms with Crippen molar-refractivity contribution in [2.24, 2.45) is 0 Å². The molecule has 0 saturated heterocycles. The van der Waals surface area contributed by atoms with Crippen LogP contribution in [0.1, 0.15) is 23.6 Å². The Morgan fingerprint density at radius 3 is 2.30 bits per heavy atom. The minimum Gasteiger partial charge on any atom is -0.469 e. The highest BCUT2D eigenvalue weighted by Gasteiger charge is 2.16. The maximum atomic E-state index is 11.8. The second kappa shape index (κ2) is 7.10. The predicted octanol–water partition coefficient (Wildman–Crippen LogP) is 1.09. The first kappa shape index (κ1) is 16.2. The number of benzene rings is 1. The molecule has 20 heavy (non-hydrogen) atoms. The predicted molar refractivity (Wildman–Crippen MR) is 78.8 cm³/mol. The van der Waals surface area contributed by atoms with Gasteiger partial charge in [0.25, 0.3) is 0 Å².